The average Bonchev–Trinajstić information content (AvgIpc) is 3.12. The predicted octanol–water partition coefficient (Wildman–Crippen LogP) is 0.934. The van der Waals surface area contributed by atoms with E-state index in [0.717, 1.165) is 0 Å². The monoisotopic (exact) mass is 436 g/mol. The molecule has 1 fully saturated rings. The van der Waals surface area contributed by atoms with Gasteiger partial charge < -0.3 is 26.4 Å². The van der Waals surface area contributed by atoms with Crippen molar-refractivity contribution in [3.8, 4) is 0 Å². The average molecular weight is 436 g/mol. The SMILES string of the molecule is CC(C)C[C@H](NC(=O)Nc1ccccc1F)C(=O)N[C@@H](C[C@@H]1CCNC1=O)C(=O)CO. The van der Waals surface area contributed by atoms with Crippen LogP contribution in [0.3, 0.4) is 0 Å². The van der Waals surface area contributed by atoms with Crippen LogP contribution in [0.25, 0.3) is 0 Å². The van der Waals surface area contributed by atoms with Crippen LogP contribution in [0.1, 0.15) is 33.1 Å². The number of Topliss-reactive ketones (excluding diaryl/α,β-unsaturated/α-hetero) is 1. The lowest BCUT2D eigenvalue weighted by Crippen LogP contribution is -2.53. The third kappa shape index (κ3) is 7.32. The zero-order valence-corrected chi connectivity index (χ0v) is 17.6. The van der Waals surface area contributed by atoms with Crippen LogP contribution in [0, 0.1) is 17.7 Å². The number of benzene rings is 1. The van der Waals surface area contributed by atoms with Crippen LogP contribution < -0.4 is 21.3 Å². The quantitative estimate of drug-likeness (QED) is 0.372. The van der Waals surface area contributed by atoms with Crippen molar-refractivity contribution in [2.45, 2.75) is 45.2 Å². The molecule has 1 aliphatic heterocycles. The number of aliphatic hydroxyl groups is 1. The minimum Gasteiger partial charge on any atom is -0.389 e. The molecule has 0 bridgehead atoms. The normalized spacial score (nSPS) is 17.6. The molecule has 170 valence electrons. The summed E-state index contributed by atoms with van der Waals surface area (Å²) in [5, 5.41) is 19.3. The van der Waals surface area contributed by atoms with E-state index in [1.165, 1.54) is 18.2 Å². The summed E-state index contributed by atoms with van der Waals surface area (Å²) in [4.78, 5) is 49.2. The molecule has 1 aliphatic rings. The number of carbonyl (C=O) groups excluding carboxylic acids is 4. The number of para-hydroxylation sites is 1. The maximum Gasteiger partial charge on any atom is 0.319 e. The molecule has 5 N–H and O–H groups in total. The molecule has 0 aromatic heterocycles. The summed E-state index contributed by atoms with van der Waals surface area (Å²) in [5.41, 5.74) is -0.0377. The molecule has 0 unspecified atom stereocenters. The highest BCUT2D eigenvalue weighted by atomic mass is 19.1. The second-order valence-electron chi connectivity index (χ2n) is 7.96. The van der Waals surface area contributed by atoms with Crippen LogP contribution in [0.4, 0.5) is 14.9 Å². The number of nitrogens with one attached hydrogen (secondary N) is 4. The van der Waals surface area contributed by atoms with Crippen LogP contribution in [0.15, 0.2) is 24.3 Å². The lowest BCUT2D eigenvalue weighted by atomic mass is 9.95. The Labute approximate surface area is 180 Å². The Morgan fingerprint density at radius 2 is 1.90 bits per heavy atom. The number of ketones is 1. The summed E-state index contributed by atoms with van der Waals surface area (Å²) in [6, 6.07) is 2.78. The highest BCUT2D eigenvalue weighted by molar-refractivity contribution is 5.96. The van der Waals surface area contributed by atoms with E-state index in [4.69, 9.17) is 0 Å². The van der Waals surface area contributed by atoms with Crippen molar-refractivity contribution in [1.82, 2.24) is 16.0 Å². The number of anilines is 1. The van der Waals surface area contributed by atoms with Gasteiger partial charge in [0.15, 0.2) is 5.78 Å². The van der Waals surface area contributed by atoms with Crippen molar-refractivity contribution in [2.24, 2.45) is 11.8 Å². The molecule has 1 aromatic carbocycles. The molecule has 0 radical (unpaired) electrons. The molecule has 0 aliphatic carbocycles. The smallest absolute Gasteiger partial charge is 0.319 e. The second-order valence-corrected chi connectivity index (χ2v) is 7.96. The van der Waals surface area contributed by atoms with E-state index in [1.807, 2.05) is 13.8 Å². The first-order valence-electron chi connectivity index (χ1n) is 10.2. The first kappa shape index (κ1) is 24.3. The van der Waals surface area contributed by atoms with E-state index in [1.54, 1.807) is 6.07 Å². The molecule has 0 saturated carbocycles. The number of urea groups is 1. The van der Waals surface area contributed by atoms with Crippen LogP contribution in [0.5, 0.6) is 0 Å². The number of hydrogen-bond donors (Lipinski definition) is 5. The number of halogens is 1. The van der Waals surface area contributed by atoms with Gasteiger partial charge in [0.2, 0.25) is 11.8 Å². The highest BCUT2D eigenvalue weighted by Crippen LogP contribution is 2.17. The van der Waals surface area contributed by atoms with Crippen LogP contribution in [0.2, 0.25) is 0 Å². The molecular weight excluding hydrogens is 407 g/mol. The molecule has 1 saturated heterocycles. The molecule has 9 nitrogen and oxygen atoms in total. The Kier molecular flexibility index (Phi) is 8.92. The van der Waals surface area contributed by atoms with E-state index in [-0.39, 0.29) is 30.4 Å². The summed E-state index contributed by atoms with van der Waals surface area (Å²) in [5.74, 6) is -2.48. The minimum atomic E-state index is -1.06. The second kappa shape index (κ2) is 11.4. The minimum absolute atomic E-state index is 0.0251. The van der Waals surface area contributed by atoms with Gasteiger partial charge in [-0.2, -0.15) is 0 Å². The van der Waals surface area contributed by atoms with E-state index in [2.05, 4.69) is 21.3 Å². The van der Waals surface area contributed by atoms with Crippen molar-refractivity contribution in [1.29, 1.82) is 0 Å². The highest BCUT2D eigenvalue weighted by Gasteiger charge is 2.32. The van der Waals surface area contributed by atoms with Gasteiger partial charge in [-0.15, -0.1) is 0 Å². The van der Waals surface area contributed by atoms with Crippen molar-refractivity contribution in [3.63, 3.8) is 0 Å². The number of hydrogen-bond acceptors (Lipinski definition) is 5. The van der Waals surface area contributed by atoms with E-state index in [0.29, 0.717) is 13.0 Å². The summed E-state index contributed by atoms with van der Waals surface area (Å²) in [6.45, 7) is 3.42. The first-order valence-corrected chi connectivity index (χ1v) is 10.2. The molecule has 1 heterocycles. The van der Waals surface area contributed by atoms with Crippen molar-refractivity contribution in [3.05, 3.63) is 30.1 Å². The lowest BCUT2D eigenvalue weighted by Gasteiger charge is -2.24. The fourth-order valence-electron chi connectivity index (χ4n) is 3.39. The number of amides is 4. The van der Waals surface area contributed by atoms with Gasteiger partial charge in [-0.25, -0.2) is 9.18 Å². The van der Waals surface area contributed by atoms with Crippen LogP contribution in [-0.2, 0) is 14.4 Å². The third-order valence-corrected chi connectivity index (χ3v) is 5.00. The Morgan fingerprint density at radius 1 is 1.19 bits per heavy atom. The molecule has 4 amide bonds. The largest absolute Gasteiger partial charge is 0.389 e. The maximum absolute atomic E-state index is 13.8. The van der Waals surface area contributed by atoms with Gasteiger partial charge in [-0.3, -0.25) is 14.4 Å². The van der Waals surface area contributed by atoms with Crippen molar-refractivity contribution < 1.29 is 28.7 Å². The van der Waals surface area contributed by atoms with Crippen LogP contribution in [-0.4, -0.2) is 54.0 Å². The Bertz CT molecular complexity index is 817. The number of carbonyl (C=O) groups is 4. The summed E-state index contributed by atoms with van der Waals surface area (Å²) in [6.07, 6.45) is 0.857. The molecule has 10 heteroatoms. The molecule has 31 heavy (non-hydrogen) atoms. The Balaban J connectivity index is 2.06. The number of rotatable bonds is 10. The number of aliphatic hydroxyl groups excluding tert-OH is 1. The van der Waals surface area contributed by atoms with Crippen molar-refractivity contribution >= 4 is 29.3 Å². The molecule has 3 atom stereocenters. The maximum atomic E-state index is 13.8. The summed E-state index contributed by atoms with van der Waals surface area (Å²) in [7, 11) is 0. The van der Waals surface area contributed by atoms with Gasteiger partial charge >= 0.3 is 6.03 Å². The van der Waals surface area contributed by atoms with E-state index >= 15 is 0 Å². The van der Waals surface area contributed by atoms with Crippen molar-refractivity contribution in [2.75, 3.05) is 18.5 Å². The van der Waals surface area contributed by atoms with Gasteiger partial charge in [0.25, 0.3) is 0 Å². The summed E-state index contributed by atoms with van der Waals surface area (Å²) >= 11 is 0. The van der Waals surface area contributed by atoms with Gasteiger partial charge in [0.1, 0.15) is 18.5 Å². The molecule has 1 aromatic rings. The van der Waals surface area contributed by atoms with E-state index < -0.39 is 48.1 Å². The Hall–Kier alpha value is -3.01. The van der Waals surface area contributed by atoms with Gasteiger partial charge in [0.05, 0.1) is 11.7 Å². The van der Waals surface area contributed by atoms with Crippen LogP contribution >= 0.6 is 0 Å². The zero-order valence-electron chi connectivity index (χ0n) is 17.6. The first-order chi connectivity index (χ1) is 14.7. The van der Waals surface area contributed by atoms with Gasteiger partial charge in [-0.1, -0.05) is 26.0 Å². The molecule has 2 rings (SSSR count). The summed E-state index contributed by atoms with van der Waals surface area (Å²) < 4.78 is 13.8. The van der Waals surface area contributed by atoms with Gasteiger partial charge in [-0.05, 0) is 37.3 Å². The topological polar surface area (TPSA) is 137 Å². The molecule has 0 spiro atoms. The predicted molar refractivity (Wildman–Crippen MR) is 112 cm³/mol. The van der Waals surface area contributed by atoms with E-state index in [9.17, 15) is 28.7 Å². The van der Waals surface area contributed by atoms with Gasteiger partial charge in [0, 0.05) is 12.5 Å². The molecular formula is C21H29FN4O5. The third-order valence-electron chi connectivity index (χ3n) is 5.00. The zero-order chi connectivity index (χ0) is 23.0. The standard InChI is InChI=1S/C21H29FN4O5/c1-12(2)9-17(26-21(31)25-15-6-4-3-5-14(15)22)20(30)24-16(18(28)11-27)10-13-7-8-23-19(13)29/h3-6,12-13,16-17,27H,7-11H2,1-2H3,(H,23,29)(H,24,30)(H2,25,26,31)/t13-,16-,17-/m0/s1. The fourth-order valence-corrected chi connectivity index (χ4v) is 3.39. The Morgan fingerprint density at radius 3 is 2.48 bits per heavy atom. The lowest BCUT2D eigenvalue weighted by molar-refractivity contribution is -0.131. The fraction of sp³-hybridized carbons (Fsp3) is 0.524.